The SMILES string of the molecule is CC(C)CN1CCN(c2ncnc(-n3cccn3)c2N)CC1=O. The summed E-state index contributed by atoms with van der Waals surface area (Å²) >= 11 is 0. The summed E-state index contributed by atoms with van der Waals surface area (Å²) in [6.07, 6.45) is 4.89. The van der Waals surface area contributed by atoms with Crippen molar-refractivity contribution >= 4 is 17.4 Å². The number of nitrogen functional groups attached to an aromatic ring is 1. The van der Waals surface area contributed by atoms with Crippen LogP contribution in [0, 0.1) is 5.92 Å². The van der Waals surface area contributed by atoms with Crippen molar-refractivity contribution < 1.29 is 4.79 Å². The van der Waals surface area contributed by atoms with Crippen molar-refractivity contribution in [1.82, 2.24) is 24.6 Å². The topological polar surface area (TPSA) is 93.2 Å². The van der Waals surface area contributed by atoms with E-state index in [0.717, 1.165) is 6.54 Å². The fraction of sp³-hybridized carbons (Fsp3) is 0.467. The van der Waals surface area contributed by atoms with Gasteiger partial charge in [0.15, 0.2) is 11.6 Å². The lowest BCUT2D eigenvalue weighted by Crippen LogP contribution is -2.51. The number of anilines is 2. The van der Waals surface area contributed by atoms with Gasteiger partial charge in [-0.15, -0.1) is 0 Å². The van der Waals surface area contributed by atoms with Crippen LogP contribution >= 0.6 is 0 Å². The Morgan fingerprint density at radius 2 is 2.04 bits per heavy atom. The van der Waals surface area contributed by atoms with Crippen LogP contribution in [0.25, 0.3) is 5.82 Å². The van der Waals surface area contributed by atoms with E-state index in [-0.39, 0.29) is 12.5 Å². The zero-order chi connectivity index (χ0) is 16.4. The third kappa shape index (κ3) is 3.10. The van der Waals surface area contributed by atoms with Crippen LogP contribution in [0.4, 0.5) is 11.5 Å². The highest BCUT2D eigenvalue weighted by atomic mass is 16.2. The second-order valence-electron chi connectivity index (χ2n) is 6.04. The fourth-order valence-corrected chi connectivity index (χ4v) is 2.73. The van der Waals surface area contributed by atoms with E-state index in [4.69, 9.17) is 5.73 Å². The molecule has 3 rings (SSSR count). The van der Waals surface area contributed by atoms with E-state index in [0.29, 0.717) is 36.3 Å². The summed E-state index contributed by atoms with van der Waals surface area (Å²) in [6.45, 7) is 6.67. The Balaban J connectivity index is 1.81. The zero-order valence-electron chi connectivity index (χ0n) is 13.4. The van der Waals surface area contributed by atoms with E-state index in [1.54, 1.807) is 23.1 Å². The van der Waals surface area contributed by atoms with Crippen molar-refractivity contribution in [3.8, 4) is 5.82 Å². The molecular weight excluding hydrogens is 294 g/mol. The highest BCUT2D eigenvalue weighted by molar-refractivity contribution is 5.84. The molecule has 1 aliphatic rings. The molecule has 8 nitrogen and oxygen atoms in total. The third-order valence-corrected chi connectivity index (χ3v) is 3.77. The number of hydrogen-bond acceptors (Lipinski definition) is 6. The molecule has 23 heavy (non-hydrogen) atoms. The molecule has 2 aromatic heterocycles. The highest BCUT2D eigenvalue weighted by Crippen LogP contribution is 2.25. The number of carbonyl (C=O) groups is 1. The van der Waals surface area contributed by atoms with Crippen molar-refractivity contribution in [3.05, 3.63) is 24.8 Å². The molecule has 2 aromatic rings. The van der Waals surface area contributed by atoms with Gasteiger partial charge in [0.1, 0.15) is 12.0 Å². The minimum absolute atomic E-state index is 0.101. The number of aromatic nitrogens is 4. The van der Waals surface area contributed by atoms with E-state index in [9.17, 15) is 4.79 Å². The van der Waals surface area contributed by atoms with E-state index in [1.807, 2.05) is 9.80 Å². The smallest absolute Gasteiger partial charge is 0.242 e. The quantitative estimate of drug-likeness (QED) is 0.885. The number of amides is 1. The molecule has 1 amide bonds. The van der Waals surface area contributed by atoms with Gasteiger partial charge in [0, 0.05) is 32.0 Å². The minimum Gasteiger partial charge on any atom is -0.393 e. The molecule has 0 aromatic carbocycles. The molecule has 1 saturated heterocycles. The van der Waals surface area contributed by atoms with Crippen LogP contribution < -0.4 is 10.6 Å². The number of rotatable bonds is 4. The third-order valence-electron chi connectivity index (χ3n) is 3.77. The lowest BCUT2D eigenvalue weighted by Gasteiger charge is -2.36. The van der Waals surface area contributed by atoms with Gasteiger partial charge < -0.3 is 15.5 Å². The van der Waals surface area contributed by atoms with E-state index >= 15 is 0 Å². The fourth-order valence-electron chi connectivity index (χ4n) is 2.73. The van der Waals surface area contributed by atoms with Crippen LogP contribution in [-0.4, -0.2) is 56.7 Å². The minimum atomic E-state index is 0.101. The van der Waals surface area contributed by atoms with Crippen molar-refractivity contribution in [2.45, 2.75) is 13.8 Å². The Bertz CT molecular complexity index is 683. The maximum Gasteiger partial charge on any atom is 0.242 e. The maximum atomic E-state index is 12.3. The van der Waals surface area contributed by atoms with E-state index < -0.39 is 0 Å². The first-order valence-corrected chi connectivity index (χ1v) is 7.69. The van der Waals surface area contributed by atoms with Crippen LogP contribution in [0.1, 0.15) is 13.8 Å². The molecule has 1 fully saturated rings. The lowest BCUT2D eigenvalue weighted by molar-refractivity contribution is -0.131. The summed E-state index contributed by atoms with van der Waals surface area (Å²) in [7, 11) is 0. The molecular formula is C15H21N7O. The van der Waals surface area contributed by atoms with Gasteiger partial charge in [-0.25, -0.2) is 14.6 Å². The normalized spacial score (nSPS) is 15.5. The average Bonchev–Trinajstić information content (AvgIpc) is 3.03. The van der Waals surface area contributed by atoms with Crippen molar-refractivity contribution in [2.24, 2.45) is 5.92 Å². The Morgan fingerprint density at radius 3 is 2.70 bits per heavy atom. The summed E-state index contributed by atoms with van der Waals surface area (Å²) in [4.78, 5) is 24.6. The van der Waals surface area contributed by atoms with Gasteiger partial charge in [0.05, 0.1) is 6.54 Å². The van der Waals surface area contributed by atoms with Crippen molar-refractivity contribution in [3.63, 3.8) is 0 Å². The first kappa shape index (κ1) is 15.3. The average molecular weight is 315 g/mol. The van der Waals surface area contributed by atoms with Gasteiger partial charge in [-0.1, -0.05) is 13.8 Å². The van der Waals surface area contributed by atoms with Gasteiger partial charge in [-0.05, 0) is 12.0 Å². The lowest BCUT2D eigenvalue weighted by atomic mass is 10.2. The molecule has 0 radical (unpaired) electrons. The van der Waals surface area contributed by atoms with E-state index in [2.05, 4.69) is 28.9 Å². The Morgan fingerprint density at radius 1 is 1.26 bits per heavy atom. The number of nitrogens with zero attached hydrogens (tertiary/aromatic N) is 6. The molecule has 0 unspecified atom stereocenters. The molecule has 0 atom stereocenters. The van der Waals surface area contributed by atoms with Gasteiger partial charge in [-0.3, -0.25) is 4.79 Å². The monoisotopic (exact) mass is 315 g/mol. The number of hydrogen-bond donors (Lipinski definition) is 1. The zero-order valence-corrected chi connectivity index (χ0v) is 13.4. The molecule has 0 saturated carbocycles. The standard InChI is InChI=1S/C15H21N7O/c1-11(2)8-20-6-7-21(9-12(20)23)14-13(16)15(18-10-17-14)22-5-3-4-19-22/h3-5,10-11H,6-9,16H2,1-2H3. The van der Waals surface area contributed by atoms with Crippen LogP contribution in [0.3, 0.4) is 0 Å². The summed E-state index contributed by atoms with van der Waals surface area (Å²) in [5, 5.41) is 4.15. The Kier molecular flexibility index (Phi) is 4.14. The Labute approximate surface area is 134 Å². The van der Waals surface area contributed by atoms with Gasteiger partial charge in [-0.2, -0.15) is 5.10 Å². The van der Waals surface area contributed by atoms with E-state index in [1.165, 1.54) is 6.33 Å². The van der Waals surface area contributed by atoms with Gasteiger partial charge in [0.2, 0.25) is 5.91 Å². The molecule has 0 aliphatic carbocycles. The number of carbonyl (C=O) groups excluding carboxylic acids is 1. The number of piperazine rings is 1. The molecule has 2 N–H and O–H groups in total. The highest BCUT2D eigenvalue weighted by Gasteiger charge is 2.27. The molecule has 0 bridgehead atoms. The predicted molar refractivity (Wildman–Crippen MR) is 87.2 cm³/mol. The van der Waals surface area contributed by atoms with Crippen LogP contribution in [0.2, 0.25) is 0 Å². The van der Waals surface area contributed by atoms with Crippen LogP contribution in [0.5, 0.6) is 0 Å². The van der Waals surface area contributed by atoms with Crippen LogP contribution in [0.15, 0.2) is 24.8 Å². The molecule has 0 spiro atoms. The summed E-state index contributed by atoms with van der Waals surface area (Å²) in [5.74, 6) is 1.67. The number of nitrogens with two attached hydrogens (primary N) is 1. The maximum absolute atomic E-state index is 12.3. The Hall–Kier alpha value is -2.64. The molecule has 3 heterocycles. The van der Waals surface area contributed by atoms with Crippen molar-refractivity contribution in [2.75, 3.05) is 36.8 Å². The van der Waals surface area contributed by atoms with Crippen LogP contribution in [-0.2, 0) is 4.79 Å². The first-order chi connectivity index (χ1) is 11.1. The summed E-state index contributed by atoms with van der Waals surface area (Å²) in [5.41, 5.74) is 6.65. The molecule has 8 heteroatoms. The second kappa shape index (κ2) is 6.23. The summed E-state index contributed by atoms with van der Waals surface area (Å²) in [6, 6.07) is 1.80. The second-order valence-corrected chi connectivity index (χ2v) is 6.04. The first-order valence-electron chi connectivity index (χ1n) is 7.69. The van der Waals surface area contributed by atoms with Gasteiger partial charge in [0.25, 0.3) is 0 Å². The van der Waals surface area contributed by atoms with Gasteiger partial charge >= 0.3 is 0 Å². The molecule has 1 aliphatic heterocycles. The summed E-state index contributed by atoms with van der Waals surface area (Å²) < 4.78 is 1.59. The van der Waals surface area contributed by atoms with Crippen molar-refractivity contribution in [1.29, 1.82) is 0 Å². The molecule has 122 valence electrons. The predicted octanol–water partition coefficient (Wildman–Crippen LogP) is 0.549. The largest absolute Gasteiger partial charge is 0.393 e.